The van der Waals surface area contributed by atoms with Gasteiger partial charge < -0.3 is 5.32 Å². The molecule has 0 aliphatic rings. The summed E-state index contributed by atoms with van der Waals surface area (Å²) in [5.74, 6) is 0.149. The second-order valence-corrected chi connectivity index (χ2v) is 12.0. The van der Waals surface area contributed by atoms with Crippen LogP contribution in [0, 0.1) is 0 Å². The SMILES string of the molecule is C=CC[C@H](CC(=O)N[C@@H](C)c1ccccc1)[Si](C)(C)C. The molecule has 0 unspecified atom stereocenters. The van der Waals surface area contributed by atoms with Gasteiger partial charge in [-0.1, -0.05) is 56.0 Å². The number of nitrogens with one attached hydrogen (secondary N) is 1. The van der Waals surface area contributed by atoms with E-state index in [-0.39, 0.29) is 11.9 Å². The molecule has 0 aliphatic carbocycles. The molecule has 2 nitrogen and oxygen atoms in total. The summed E-state index contributed by atoms with van der Waals surface area (Å²) in [5.41, 5.74) is 1.61. The Morgan fingerprint density at radius 2 is 1.90 bits per heavy atom. The normalized spacial score (nSPS) is 14.4. The molecule has 0 saturated heterocycles. The third-order valence-corrected chi connectivity index (χ3v) is 6.67. The number of rotatable bonds is 7. The van der Waals surface area contributed by atoms with Crippen LogP contribution < -0.4 is 5.32 Å². The van der Waals surface area contributed by atoms with E-state index in [9.17, 15) is 4.79 Å². The van der Waals surface area contributed by atoms with Crippen LogP contribution in [0.1, 0.15) is 31.4 Å². The molecule has 2 atom stereocenters. The monoisotopic (exact) mass is 289 g/mol. The van der Waals surface area contributed by atoms with Gasteiger partial charge in [-0.15, -0.1) is 6.58 Å². The van der Waals surface area contributed by atoms with Crippen LogP contribution >= 0.6 is 0 Å². The Morgan fingerprint density at radius 3 is 2.40 bits per heavy atom. The molecule has 1 rings (SSSR count). The molecule has 1 amide bonds. The van der Waals surface area contributed by atoms with Crippen molar-refractivity contribution in [3.8, 4) is 0 Å². The first-order valence-electron chi connectivity index (χ1n) is 7.29. The van der Waals surface area contributed by atoms with E-state index >= 15 is 0 Å². The molecule has 20 heavy (non-hydrogen) atoms. The molecule has 0 aliphatic heterocycles. The van der Waals surface area contributed by atoms with Gasteiger partial charge in [0.05, 0.1) is 6.04 Å². The number of amides is 1. The zero-order valence-corrected chi connectivity index (χ0v) is 14.1. The molecular formula is C17H27NOSi. The number of benzene rings is 1. The zero-order chi connectivity index (χ0) is 15.2. The molecule has 110 valence electrons. The number of allylic oxidation sites excluding steroid dienone is 1. The molecule has 1 aromatic carbocycles. The molecule has 1 aromatic rings. The van der Waals surface area contributed by atoms with Crippen molar-refractivity contribution in [1.82, 2.24) is 5.32 Å². The minimum Gasteiger partial charge on any atom is -0.350 e. The summed E-state index contributed by atoms with van der Waals surface area (Å²) in [4.78, 5) is 12.2. The molecule has 0 spiro atoms. The fraction of sp³-hybridized carbons (Fsp3) is 0.471. The van der Waals surface area contributed by atoms with Gasteiger partial charge in [-0.05, 0) is 24.4 Å². The van der Waals surface area contributed by atoms with E-state index in [1.165, 1.54) is 0 Å². The average Bonchev–Trinajstić information content (AvgIpc) is 2.38. The van der Waals surface area contributed by atoms with Crippen molar-refractivity contribution in [1.29, 1.82) is 0 Å². The lowest BCUT2D eigenvalue weighted by molar-refractivity contribution is -0.121. The second-order valence-electron chi connectivity index (χ2n) is 6.49. The summed E-state index contributed by atoms with van der Waals surface area (Å²) in [5, 5.41) is 3.11. The molecule has 0 radical (unpaired) electrons. The highest BCUT2D eigenvalue weighted by Crippen LogP contribution is 2.29. The first-order valence-corrected chi connectivity index (χ1v) is 10.9. The Kier molecular flexibility index (Phi) is 6.21. The van der Waals surface area contributed by atoms with E-state index in [0.29, 0.717) is 12.0 Å². The summed E-state index contributed by atoms with van der Waals surface area (Å²) in [7, 11) is -1.33. The van der Waals surface area contributed by atoms with Gasteiger partial charge in [0, 0.05) is 14.5 Å². The number of carbonyl (C=O) groups excluding carboxylic acids is 1. The van der Waals surface area contributed by atoms with Crippen molar-refractivity contribution < 1.29 is 4.79 Å². The van der Waals surface area contributed by atoms with Gasteiger partial charge in [-0.25, -0.2) is 0 Å². The first kappa shape index (κ1) is 16.7. The maximum Gasteiger partial charge on any atom is 0.220 e. The van der Waals surface area contributed by atoms with Crippen molar-refractivity contribution >= 4 is 14.0 Å². The maximum absolute atomic E-state index is 12.2. The quantitative estimate of drug-likeness (QED) is 0.579. The van der Waals surface area contributed by atoms with E-state index in [1.807, 2.05) is 43.3 Å². The fourth-order valence-electron chi connectivity index (χ4n) is 2.29. The molecule has 0 aromatic heterocycles. The third-order valence-electron chi connectivity index (χ3n) is 3.78. The van der Waals surface area contributed by atoms with Gasteiger partial charge in [-0.2, -0.15) is 0 Å². The summed E-state index contributed by atoms with van der Waals surface area (Å²) in [6.45, 7) is 12.8. The van der Waals surface area contributed by atoms with Crippen LogP contribution in [-0.4, -0.2) is 14.0 Å². The van der Waals surface area contributed by atoms with Crippen LogP contribution in [0.15, 0.2) is 43.0 Å². The van der Waals surface area contributed by atoms with Crippen molar-refractivity contribution in [3.63, 3.8) is 0 Å². The third kappa shape index (κ3) is 5.33. The standard InChI is InChI=1S/C17H27NOSi/c1-6-10-16(20(3,4)5)13-17(19)18-14(2)15-11-8-7-9-12-15/h6-9,11-12,14,16H,1,10,13H2,2-5H3,(H,18,19)/t14-,16+/m0/s1. The van der Waals surface area contributed by atoms with Crippen LogP contribution in [0.4, 0.5) is 0 Å². The Hall–Kier alpha value is -1.35. The summed E-state index contributed by atoms with van der Waals surface area (Å²) in [6, 6.07) is 10.1. The Labute approximate surface area is 124 Å². The maximum atomic E-state index is 12.2. The molecule has 0 saturated carbocycles. The van der Waals surface area contributed by atoms with Gasteiger partial charge in [-0.3, -0.25) is 4.79 Å². The van der Waals surface area contributed by atoms with Gasteiger partial charge in [0.1, 0.15) is 0 Å². The van der Waals surface area contributed by atoms with Crippen molar-refractivity contribution in [2.24, 2.45) is 0 Å². The van der Waals surface area contributed by atoms with Gasteiger partial charge >= 0.3 is 0 Å². The van der Waals surface area contributed by atoms with Crippen LogP contribution in [-0.2, 0) is 4.79 Å². The highest BCUT2D eigenvalue weighted by Gasteiger charge is 2.27. The predicted octanol–water partition coefficient (Wildman–Crippen LogP) is 4.54. The lowest BCUT2D eigenvalue weighted by atomic mass is 10.1. The molecule has 0 bridgehead atoms. The fourth-order valence-corrected chi connectivity index (χ4v) is 3.97. The molecule has 0 fully saturated rings. The Balaban J connectivity index is 2.60. The number of hydrogen-bond acceptors (Lipinski definition) is 1. The van der Waals surface area contributed by atoms with E-state index in [2.05, 4.69) is 31.5 Å². The molecule has 0 heterocycles. The van der Waals surface area contributed by atoms with E-state index in [4.69, 9.17) is 0 Å². The lowest BCUT2D eigenvalue weighted by Gasteiger charge is -2.28. The van der Waals surface area contributed by atoms with E-state index in [1.54, 1.807) is 0 Å². The van der Waals surface area contributed by atoms with E-state index < -0.39 is 8.07 Å². The lowest BCUT2D eigenvalue weighted by Crippen LogP contribution is -2.34. The van der Waals surface area contributed by atoms with Crippen molar-refractivity contribution in [2.75, 3.05) is 0 Å². The molecular weight excluding hydrogens is 262 g/mol. The largest absolute Gasteiger partial charge is 0.350 e. The smallest absolute Gasteiger partial charge is 0.220 e. The van der Waals surface area contributed by atoms with Crippen LogP contribution in [0.3, 0.4) is 0 Å². The number of carbonyl (C=O) groups is 1. The highest BCUT2D eigenvalue weighted by atomic mass is 28.3. The van der Waals surface area contributed by atoms with E-state index in [0.717, 1.165) is 12.0 Å². The van der Waals surface area contributed by atoms with Crippen molar-refractivity contribution in [3.05, 3.63) is 48.6 Å². The first-order chi connectivity index (χ1) is 9.34. The molecule has 3 heteroatoms. The predicted molar refractivity (Wildman–Crippen MR) is 89.5 cm³/mol. The number of hydrogen-bond donors (Lipinski definition) is 1. The summed E-state index contributed by atoms with van der Waals surface area (Å²) in [6.07, 6.45) is 3.48. The van der Waals surface area contributed by atoms with Crippen molar-refractivity contribution in [2.45, 2.75) is 51.0 Å². The minimum atomic E-state index is -1.33. The van der Waals surface area contributed by atoms with Gasteiger partial charge in [0.25, 0.3) is 0 Å². The van der Waals surface area contributed by atoms with Crippen LogP contribution in [0.25, 0.3) is 0 Å². The van der Waals surface area contributed by atoms with Crippen LogP contribution in [0.2, 0.25) is 25.2 Å². The summed E-state index contributed by atoms with van der Waals surface area (Å²) >= 11 is 0. The highest BCUT2D eigenvalue weighted by molar-refractivity contribution is 6.77. The van der Waals surface area contributed by atoms with Crippen LogP contribution in [0.5, 0.6) is 0 Å². The molecule has 1 N–H and O–H groups in total. The van der Waals surface area contributed by atoms with Gasteiger partial charge in [0.15, 0.2) is 0 Å². The Bertz CT molecular complexity index is 436. The topological polar surface area (TPSA) is 29.1 Å². The van der Waals surface area contributed by atoms with Gasteiger partial charge in [0.2, 0.25) is 5.91 Å². The Morgan fingerprint density at radius 1 is 1.30 bits per heavy atom. The summed E-state index contributed by atoms with van der Waals surface area (Å²) < 4.78 is 0. The second kappa shape index (κ2) is 7.43. The average molecular weight is 289 g/mol. The minimum absolute atomic E-state index is 0.0646. The zero-order valence-electron chi connectivity index (χ0n) is 13.1.